The molecule has 1 aromatic heterocycles. The summed E-state index contributed by atoms with van der Waals surface area (Å²) < 4.78 is 0. The van der Waals surface area contributed by atoms with Crippen LogP contribution in [0, 0.1) is 0 Å². The van der Waals surface area contributed by atoms with Crippen LogP contribution in [0.5, 0.6) is 0 Å². The number of para-hydroxylation sites is 1. The van der Waals surface area contributed by atoms with E-state index in [1.807, 2.05) is 44.2 Å². The SMILES string of the molecule is CCC(=O)N(CC)Cc1cc2ccccc2[nH]c1=O. The van der Waals surface area contributed by atoms with Crippen molar-refractivity contribution in [2.24, 2.45) is 0 Å². The number of benzene rings is 1. The highest BCUT2D eigenvalue weighted by Gasteiger charge is 2.12. The van der Waals surface area contributed by atoms with Crippen LogP contribution in [0.25, 0.3) is 10.9 Å². The zero-order valence-corrected chi connectivity index (χ0v) is 11.3. The molecule has 4 nitrogen and oxygen atoms in total. The van der Waals surface area contributed by atoms with Crippen molar-refractivity contribution in [3.05, 3.63) is 46.2 Å². The fourth-order valence-corrected chi connectivity index (χ4v) is 2.12. The quantitative estimate of drug-likeness (QED) is 0.914. The third-order valence-electron chi connectivity index (χ3n) is 3.23. The Morgan fingerprint density at radius 3 is 2.68 bits per heavy atom. The Labute approximate surface area is 112 Å². The molecule has 0 bridgehead atoms. The molecular formula is C15H18N2O2. The van der Waals surface area contributed by atoms with Gasteiger partial charge >= 0.3 is 0 Å². The van der Waals surface area contributed by atoms with Gasteiger partial charge < -0.3 is 9.88 Å². The molecule has 0 radical (unpaired) electrons. The van der Waals surface area contributed by atoms with Crippen molar-refractivity contribution >= 4 is 16.8 Å². The summed E-state index contributed by atoms with van der Waals surface area (Å²) in [5.74, 6) is 0.0649. The van der Waals surface area contributed by atoms with Crippen LogP contribution in [0.2, 0.25) is 0 Å². The highest BCUT2D eigenvalue weighted by Crippen LogP contribution is 2.11. The summed E-state index contributed by atoms with van der Waals surface area (Å²) >= 11 is 0. The molecule has 2 rings (SSSR count). The average Bonchev–Trinajstić information content (AvgIpc) is 2.44. The fourth-order valence-electron chi connectivity index (χ4n) is 2.12. The molecule has 0 fully saturated rings. The number of nitrogens with zero attached hydrogens (tertiary/aromatic N) is 1. The van der Waals surface area contributed by atoms with Gasteiger partial charge in [0.15, 0.2) is 0 Å². The molecule has 0 aliphatic rings. The number of fused-ring (bicyclic) bond motifs is 1. The maximum absolute atomic E-state index is 12.0. The lowest BCUT2D eigenvalue weighted by Crippen LogP contribution is -2.32. The first-order valence-electron chi connectivity index (χ1n) is 6.54. The van der Waals surface area contributed by atoms with Crippen molar-refractivity contribution in [3.63, 3.8) is 0 Å². The van der Waals surface area contributed by atoms with E-state index in [9.17, 15) is 9.59 Å². The highest BCUT2D eigenvalue weighted by atomic mass is 16.2. The van der Waals surface area contributed by atoms with Crippen LogP contribution < -0.4 is 5.56 Å². The Hall–Kier alpha value is -2.10. The minimum absolute atomic E-state index is 0.0649. The summed E-state index contributed by atoms with van der Waals surface area (Å²) in [4.78, 5) is 28.3. The van der Waals surface area contributed by atoms with Crippen molar-refractivity contribution in [1.29, 1.82) is 0 Å². The van der Waals surface area contributed by atoms with Gasteiger partial charge in [0.2, 0.25) is 5.91 Å². The molecule has 0 unspecified atom stereocenters. The molecule has 4 heteroatoms. The Balaban J connectivity index is 2.37. The van der Waals surface area contributed by atoms with Crippen molar-refractivity contribution in [3.8, 4) is 0 Å². The molecule has 1 aromatic carbocycles. The first-order valence-corrected chi connectivity index (χ1v) is 6.54. The molecule has 100 valence electrons. The van der Waals surface area contributed by atoms with Gasteiger partial charge in [-0.15, -0.1) is 0 Å². The number of nitrogens with one attached hydrogen (secondary N) is 1. The molecule has 1 N–H and O–H groups in total. The van der Waals surface area contributed by atoms with E-state index >= 15 is 0 Å². The number of amides is 1. The summed E-state index contributed by atoms with van der Waals surface area (Å²) in [6.07, 6.45) is 0.458. The van der Waals surface area contributed by atoms with E-state index in [0.29, 0.717) is 25.1 Å². The Kier molecular flexibility index (Phi) is 4.00. The lowest BCUT2D eigenvalue weighted by atomic mass is 10.1. The molecule has 0 aliphatic heterocycles. The summed E-state index contributed by atoms with van der Waals surface area (Å²) in [6, 6.07) is 9.50. The predicted octanol–water partition coefficient (Wildman–Crippen LogP) is 2.29. The number of carbonyl (C=O) groups is 1. The zero-order chi connectivity index (χ0) is 13.8. The summed E-state index contributed by atoms with van der Waals surface area (Å²) in [5, 5.41) is 0.983. The van der Waals surface area contributed by atoms with E-state index in [2.05, 4.69) is 4.98 Å². The van der Waals surface area contributed by atoms with Gasteiger partial charge in [0, 0.05) is 24.0 Å². The van der Waals surface area contributed by atoms with Crippen LogP contribution in [-0.4, -0.2) is 22.3 Å². The zero-order valence-electron chi connectivity index (χ0n) is 11.3. The van der Waals surface area contributed by atoms with Gasteiger partial charge in [-0.3, -0.25) is 9.59 Å². The number of hydrogen-bond donors (Lipinski definition) is 1. The second kappa shape index (κ2) is 5.69. The van der Waals surface area contributed by atoms with Crippen molar-refractivity contribution in [1.82, 2.24) is 9.88 Å². The average molecular weight is 258 g/mol. The maximum Gasteiger partial charge on any atom is 0.253 e. The predicted molar refractivity (Wildman–Crippen MR) is 76.0 cm³/mol. The van der Waals surface area contributed by atoms with E-state index < -0.39 is 0 Å². The molecule has 0 saturated heterocycles. The van der Waals surface area contributed by atoms with Crippen LogP contribution >= 0.6 is 0 Å². The van der Waals surface area contributed by atoms with Crippen molar-refractivity contribution in [2.75, 3.05) is 6.54 Å². The van der Waals surface area contributed by atoms with Gasteiger partial charge in [-0.05, 0) is 24.4 Å². The summed E-state index contributed by atoms with van der Waals surface area (Å²) in [5.41, 5.74) is 1.32. The van der Waals surface area contributed by atoms with Gasteiger partial charge in [0.25, 0.3) is 5.56 Å². The van der Waals surface area contributed by atoms with Gasteiger partial charge in [-0.2, -0.15) is 0 Å². The number of carbonyl (C=O) groups excluding carboxylic acids is 1. The van der Waals surface area contributed by atoms with Crippen LogP contribution in [-0.2, 0) is 11.3 Å². The van der Waals surface area contributed by atoms with E-state index in [1.165, 1.54) is 0 Å². The molecular weight excluding hydrogens is 240 g/mol. The molecule has 19 heavy (non-hydrogen) atoms. The van der Waals surface area contributed by atoms with Crippen LogP contribution in [0.15, 0.2) is 35.1 Å². The second-order valence-electron chi connectivity index (χ2n) is 4.47. The fraction of sp³-hybridized carbons (Fsp3) is 0.333. The van der Waals surface area contributed by atoms with E-state index in [1.54, 1.807) is 4.90 Å². The topological polar surface area (TPSA) is 53.2 Å². The maximum atomic E-state index is 12.0. The number of H-pyrrole nitrogens is 1. The lowest BCUT2D eigenvalue weighted by Gasteiger charge is -2.19. The third kappa shape index (κ3) is 2.84. The summed E-state index contributed by atoms with van der Waals surface area (Å²) in [7, 11) is 0. The van der Waals surface area contributed by atoms with Gasteiger partial charge in [0.1, 0.15) is 0 Å². The molecule has 2 aromatic rings. The Morgan fingerprint density at radius 1 is 1.26 bits per heavy atom. The molecule has 0 saturated carbocycles. The standard InChI is InChI=1S/C15H18N2O2/c1-3-14(18)17(4-2)10-12-9-11-7-5-6-8-13(11)16-15(12)19/h5-9H,3-4,10H2,1-2H3,(H,16,19). The monoisotopic (exact) mass is 258 g/mol. The minimum Gasteiger partial charge on any atom is -0.338 e. The van der Waals surface area contributed by atoms with Gasteiger partial charge in [-0.25, -0.2) is 0 Å². The minimum atomic E-state index is -0.124. The van der Waals surface area contributed by atoms with E-state index in [0.717, 1.165) is 10.9 Å². The molecule has 0 spiro atoms. The van der Waals surface area contributed by atoms with Gasteiger partial charge in [-0.1, -0.05) is 25.1 Å². The van der Waals surface area contributed by atoms with E-state index in [4.69, 9.17) is 0 Å². The first kappa shape index (κ1) is 13.3. The normalized spacial score (nSPS) is 10.6. The number of rotatable bonds is 4. The molecule has 0 aliphatic carbocycles. The Morgan fingerprint density at radius 2 is 2.00 bits per heavy atom. The van der Waals surface area contributed by atoms with Crippen LogP contribution in [0.4, 0.5) is 0 Å². The molecule has 0 atom stereocenters. The number of pyridine rings is 1. The highest BCUT2D eigenvalue weighted by molar-refractivity contribution is 5.79. The Bertz CT molecular complexity index is 646. The van der Waals surface area contributed by atoms with E-state index in [-0.39, 0.29) is 11.5 Å². The number of aromatic amines is 1. The number of aromatic nitrogens is 1. The third-order valence-corrected chi connectivity index (χ3v) is 3.23. The lowest BCUT2D eigenvalue weighted by molar-refractivity contribution is -0.131. The second-order valence-corrected chi connectivity index (χ2v) is 4.47. The summed E-state index contributed by atoms with van der Waals surface area (Å²) in [6.45, 7) is 4.72. The molecule has 1 amide bonds. The van der Waals surface area contributed by atoms with Crippen molar-refractivity contribution < 1.29 is 4.79 Å². The van der Waals surface area contributed by atoms with Crippen molar-refractivity contribution in [2.45, 2.75) is 26.8 Å². The largest absolute Gasteiger partial charge is 0.338 e. The van der Waals surface area contributed by atoms with Crippen LogP contribution in [0.1, 0.15) is 25.8 Å². The van der Waals surface area contributed by atoms with Crippen LogP contribution in [0.3, 0.4) is 0 Å². The van der Waals surface area contributed by atoms with Gasteiger partial charge in [0.05, 0.1) is 6.54 Å². The molecule has 1 heterocycles. The smallest absolute Gasteiger partial charge is 0.253 e. The number of hydrogen-bond acceptors (Lipinski definition) is 2. The first-order chi connectivity index (χ1) is 9.15.